The van der Waals surface area contributed by atoms with Crippen LogP contribution in [0.2, 0.25) is 0 Å². The molecule has 22 heavy (non-hydrogen) atoms. The first kappa shape index (κ1) is 14.1. The second kappa shape index (κ2) is 4.87. The number of nitrogens with zero attached hydrogens (tertiary/aromatic N) is 1. The Morgan fingerprint density at radius 1 is 1.18 bits per heavy atom. The van der Waals surface area contributed by atoms with Crippen LogP contribution in [0.25, 0.3) is 22.4 Å². The predicted molar refractivity (Wildman–Crippen MR) is 71.4 cm³/mol. The number of aromatic nitrogens is 1. The third-order valence-corrected chi connectivity index (χ3v) is 3.14. The highest BCUT2D eigenvalue weighted by atomic mass is 19.4. The maximum absolute atomic E-state index is 12.8. The monoisotopic (exact) mass is 307 g/mol. The second-order valence-corrected chi connectivity index (χ2v) is 4.57. The number of carboxylic acids is 1. The zero-order valence-electron chi connectivity index (χ0n) is 10.9. The van der Waals surface area contributed by atoms with Gasteiger partial charge < -0.3 is 9.52 Å². The summed E-state index contributed by atoms with van der Waals surface area (Å²) in [5, 5.41) is 9.19. The SMILES string of the molecule is O=C(O)c1cc(-c2ccco2)nc2ccc(C(F)(F)F)cc12. The molecule has 0 aliphatic heterocycles. The Morgan fingerprint density at radius 3 is 2.55 bits per heavy atom. The molecule has 112 valence electrons. The summed E-state index contributed by atoms with van der Waals surface area (Å²) < 4.78 is 43.5. The lowest BCUT2D eigenvalue weighted by Gasteiger charge is -2.10. The molecular weight excluding hydrogens is 299 g/mol. The quantitative estimate of drug-likeness (QED) is 0.770. The highest BCUT2D eigenvalue weighted by molar-refractivity contribution is 6.03. The summed E-state index contributed by atoms with van der Waals surface area (Å²) in [6.45, 7) is 0. The van der Waals surface area contributed by atoms with Crippen molar-refractivity contribution in [2.75, 3.05) is 0 Å². The molecular formula is C15H8F3NO3. The van der Waals surface area contributed by atoms with E-state index in [0.29, 0.717) is 5.76 Å². The van der Waals surface area contributed by atoms with E-state index in [1.165, 1.54) is 12.3 Å². The van der Waals surface area contributed by atoms with Gasteiger partial charge in [0.05, 0.1) is 22.9 Å². The molecule has 0 aliphatic carbocycles. The third-order valence-electron chi connectivity index (χ3n) is 3.14. The van der Waals surface area contributed by atoms with Gasteiger partial charge in [0.2, 0.25) is 0 Å². The highest BCUT2D eigenvalue weighted by Crippen LogP contribution is 2.33. The molecule has 0 radical (unpaired) electrons. The highest BCUT2D eigenvalue weighted by Gasteiger charge is 2.31. The van der Waals surface area contributed by atoms with Crippen molar-refractivity contribution >= 4 is 16.9 Å². The summed E-state index contributed by atoms with van der Waals surface area (Å²) in [6, 6.07) is 7.20. The number of hydrogen-bond acceptors (Lipinski definition) is 3. The lowest BCUT2D eigenvalue weighted by Crippen LogP contribution is -2.06. The van der Waals surface area contributed by atoms with Gasteiger partial charge in [0.25, 0.3) is 0 Å². The number of fused-ring (bicyclic) bond motifs is 1. The number of hydrogen-bond donors (Lipinski definition) is 1. The Balaban J connectivity index is 2.29. The number of rotatable bonds is 2. The molecule has 0 fully saturated rings. The fourth-order valence-electron chi connectivity index (χ4n) is 2.13. The first-order chi connectivity index (χ1) is 10.4. The Morgan fingerprint density at radius 2 is 1.95 bits per heavy atom. The lowest BCUT2D eigenvalue weighted by atomic mass is 10.0. The summed E-state index contributed by atoms with van der Waals surface area (Å²) in [6.07, 6.45) is -3.15. The molecule has 0 unspecified atom stereocenters. The first-order valence-corrected chi connectivity index (χ1v) is 6.15. The summed E-state index contributed by atoms with van der Waals surface area (Å²) in [4.78, 5) is 15.5. The van der Waals surface area contributed by atoms with E-state index in [4.69, 9.17) is 4.42 Å². The van der Waals surface area contributed by atoms with Gasteiger partial charge in [0, 0.05) is 5.39 Å². The maximum atomic E-state index is 12.8. The maximum Gasteiger partial charge on any atom is 0.416 e. The van der Waals surface area contributed by atoms with Crippen LogP contribution in [0.5, 0.6) is 0 Å². The van der Waals surface area contributed by atoms with Crippen molar-refractivity contribution in [3.8, 4) is 11.5 Å². The van der Waals surface area contributed by atoms with Crippen molar-refractivity contribution in [1.82, 2.24) is 4.98 Å². The Hall–Kier alpha value is -2.83. The Kier molecular flexibility index (Phi) is 3.13. The van der Waals surface area contributed by atoms with E-state index in [0.717, 1.165) is 18.2 Å². The topological polar surface area (TPSA) is 63.3 Å². The normalized spacial score (nSPS) is 11.8. The van der Waals surface area contributed by atoms with E-state index in [9.17, 15) is 23.1 Å². The molecule has 0 saturated heterocycles. The minimum Gasteiger partial charge on any atom is -0.478 e. The second-order valence-electron chi connectivity index (χ2n) is 4.57. The minimum atomic E-state index is -4.55. The fraction of sp³-hybridized carbons (Fsp3) is 0.0667. The molecule has 0 bridgehead atoms. The van der Waals surface area contributed by atoms with Crippen molar-refractivity contribution < 1.29 is 27.5 Å². The van der Waals surface area contributed by atoms with E-state index >= 15 is 0 Å². The molecule has 0 atom stereocenters. The number of carboxylic acid groups (broad SMARTS) is 1. The summed E-state index contributed by atoms with van der Waals surface area (Å²) >= 11 is 0. The average molecular weight is 307 g/mol. The number of alkyl halides is 3. The van der Waals surface area contributed by atoms with Crippen LogP contribution < -0.4 is 0 Å². The van der Waals surface area contributed by atoms with Gasteiger partial charge >= 0.3 is 12.1 Å². The smallest absolute Gasteiger partial charge is 0.416 e. The Labute approximate surface area is 121 Å². The zero-order chi connectivity index (χ0) is 15.9. The number of aromatic carboxylic acids is 1. The van der Waals surface area contributed by atoms with E-state index in [1.807, 2.05) is 0 Å². The van der Waals surface area contributed by atoms with Crippen molar-refractivity contribution in [2.24, 2.45) is 0 Å². The molecule has 1 N–H and O–H groups in total. The van der Waals surface area contributed by atoms with E-state index < -0.39 is 17.7 Å². The molecule has 0 amide bonds. The molecule has 1 aromatic carbocycles. The Bertz CT molecular complexity index is 854. The van der Waals surface area contributed by atoms with Crippen LogP contribution >= 0.6 is 0 Å². The zero-order valence-corrected chi connectivity index (χ0v) is 10.9. The van der Waals surface area contributed by atoms with Gasteiger partial charge in [-0.3, -0.25) is 0 Å². The van der Waals surface area contributed by atoms with Crippen LogP contribution in [0.15, 0.2) is 47.1 Å². The van der Waals surface area contributed by atoms with Gasteiger partial charge in [-0.25, -0.2) is 9.78 Å². The van der Waals surface area contributed by atoms with Crippen molar-refractivity contribution in [2.45, 2.75) is 6.18 Å². The van der Waals surface area contributed by atoms with Crippen molar-refractivity contribution in [1.29, 1.82) is 0 Å². The van der Waals surface area contributed by atoms with Gasteiger partial charge in [-0.1, -0.05) is 0 Å². The average Bonchev–Trinajstić information content (AvgIpc) is 2.98. The third kappa shape index (κ3) is 2.41. The van der Waals surface area contributed by atoms with Gasteiger partial charge in [0.1, 0.15) is 5.69 Å². The summed E-state index contributed by atoms with van der Waals surface area (Å²) in [7, 11) is 0. The van der Waals surface area contributed by atoms with Crippen LogP contribution in [0.4, 0.5) is 13.2 Å². The van der Waals surface area contributed by atoms with Crippen molar-refractivity contribution in [3.05, 3.63) is 53.8 Å². The van der Waals surface area contributed by atoms with E-state index in [1.54, 1.807) is 12.1 Å². The van der Waals surface area contributed by atoms with Gasteiger partial charge in [-0.05, 0) is 36.4 Å². The summed E-state index contributed by atoms with van der Waals surface area (Å²) in [5.41, 5.74) is -0.786. The minimum absolute atomic E-state index is 0.0716. The number of benzene rings is 1. The fourth-order valence-corrected chi connectivity index (χ4v) is 2.13. The summed E-state index contributed by atoms with van der Waals surface area (Å²) in [5.74, 6) is -0.996. The number of halogens is 3. The van der Waals surface area contributed by atoms with Crippen LogP contribution in [-0.2, 0) is 6.18 Å². The predicted octanol–water partition coefficient (Wildman–Crippen LogP) is 4.21. The molecule has 2 heterocycles. The van der Waals surface area contributed by atoms with Crippen LogP contribution in [-0.4, -0.2) is 16.1 Å². The molecule has 4 nitrogen and oxygen atoms in total. The van der Waals surface area contributed by atoms with Gasteiger partial charge in [-0.2, -0.15) is 13.2 Å². The number of pyridine rings is 1. The molecule has 0 aliphatic rings. The van der Waals surface area contributed by atoms with Gasteiger partial charge in [0.15, 0.2) is 5.76 Å². The molecule has 3 rings (SSSR count). The number of furan rings is 1. The van der Waals surface area contributed by atoms with Gasteiger partial charge in [-0.15, -0.1) is 0 Å². The molecule has 2 aromatic heterocycles. The largest absolute Gasteiger partial charge is 0.478 e. The first-order valence-electron chi connectivity index (χ1n) is 6.15. The van der Waals surface area contributed by atoms with E-state index in [-0.39, 0.29) is 22.2 Å². The lowest BCUT2D eigenvalue weighted by molar-refractivity contribution is -0.137. The van der Waals surface area contributed by atoms with E-state index in [2.05, 4.69) is 4.98 Å². The molecule has 0 spiro atoms. The standard InChI is InChI=1S/C15H8F3NO3/c16-15(17,18)8-3-4-11-9(6-8)10(14(20)21)7-12(19-11)13-2-1-5-22-13/h1-7H,(H,20,21). The molecule has 0 saturated carbocycles. The van der Waals surface area contributed by atoms with Crippen LogP contribution in [0, 0.1) is 0 Å². The molecule has 7 heteroatoms. The van der Waals surface area contributed by atoms with Crippen LogP contribution in [0.1, 0.15) is 15.9 Å². The number of carbonyl (C=O) groups is 1. The van der Waals surface area contributed by atoms with Crippen molar-refractivity contribution in [3.63, 3.8) is 0 Å². The van der Waals surface area contributed by atoms with Crippen LogP contribution in [0.3, 0.4) is 0 Å². The molecule has 3 aromatic rings.